The molecule has 3 aromatic heterocycles. The van der Waals surface area contributed by atoms with Gasteiger partial charge in [0.2, 0.25) is 21.3 Å². The van der Waals surface area contributed by atoms with Crippen molar-refractivity contribution in [1.29, 1.82) is 0 Å². The normalized spacial score (nSPS) is 19.3. The lowest BCUT2D eigenvalue weighted by atomic mass is 10.1. The van der Waals surface area contributed by atoms with E-state index in [0.717, 1.165) is 18.9 Å². The minimum atomic E-state index is -3.87. The first-order valence-corrected chi connectivity index (χ1v) is 18.2. The van der Waals surface area contributed by atoms with Gasteiger partial charge in [-0.1, -0.05) is 23.2 Å². The molecule has 2 aliphatic rings. The molecule has 0 saturated carbocycles. The van der Waals surface area contributed by atoms with Crippen LogP contribution < -0.4 is 19.4 Å². The van der Waals surface area contributed by atoms with Gasteiger partial charge >= 0.3 is 5.97 Å². The highest BCUT2D eigenvalue weighted by molar-refractivity contribution is 14.1. The van der Waals surface area contributed by atoms with E-state index in [2.05, 4.69) is 42.4 Å². The van der Waals surface area contributed by atoms with Crippen molar-refractivity contribution >= 4 is 84.2 Å². The molecule has 5 heterocycles. The van der Waals surface area contributed by atoms with Crippen LogP contribution in [-0.2, 0) is 14.8 Å². The molecule has 0 amide bonds. The number of alkyl halides is 1. The standard InChI is InChI=1S/C31H31Cl2IN6O6S/c1-4-45-30(42)22-17-39(19-7-8-27(36-14-19)38-15-20(16-38)37(2)3)25-13-26(24(33)12-21(25)28(22)41)40-31(34,9-11-47(40,43)44)18-46-29-23(32)6-5-10-35-29/h5-8,10,12-14,17,20H,4,9,11,15-16,18H2,1-3H3. The number of hydrogen-bond donors (Lipinski definition) is 0. The summed E-state index contributed by atoms with van der Waals surface area (Å²) in [5.74, 6) is 0.0181. The Bertz CT molecular complexity index is 2020. The zero-order valence-electron chi connectivity index (χ0n) is 25.7. The second-order valence-electron chi connectivity index (χ2n) is 11.5. The zero-order chi connectivity index (χ0) is 33.7. The van der Waals surface area contributed by atoms with Gasteiger partial charge in [0.05, 0.1) is 40.5 Å². The number of pyridine rings is 3. The molecule has 0 spiro atoms. The van der Waals surface area contributed by atoms with Crippen LogP contribution in [0.2, 0.25) is 10.0 Å². The van der Waals surface area contributed by atoms with Crippen LogP contribution in [-0.4, -0.2) is 89.6 Å². The minimum Gasteiger partial charge on any atom is -0.473 e. The summed E-state index contributed by atoms with van der Waals surface area (Å²) < 4.78 is 40.1. The number of aromatic nitrogens is 3. The lowest BCUT2D eigenvalue weighted by Gasteiger charge is -2.43. The predicted octanol–water partition coefficient (Wildman–Crippen LogP) is 4.76. The van der Waals surface area contributed by atoms with E-state index in [1.54, 1.807) is 35.9 Å². The lowest BCUT2D eigenvalue weighted by molar-refractivity contribution is 0.0524. The topological polar surface area (TPSA) is 127 Å². The van der Waals surface area contributed by atoms with Crippen LogP contribution in [0.25, 0.3) is 16.6 Å². The number of esters is 1. The van der Waals surface area contributed by atoms with Crippen LogP contribution in [0.15, 0.2) is 59.8 Å². The number of anilines is 2. The second kappa shape index (κ2) is 13.0. The Hall–Kier alpha value is -3.18. The largest absolute Gasteiger partial charge is 0.473 e. The van der Waals surface area contributed by atoms with Crippen LogP contribution >= 0.6 is 45.8 Å². The maximum Gasteiger partial charge on any atom is 0.343 e. The van der Waals surface area contributed by atoms with Crippen molar-refractivity contribution in [3.63, 3.8) is 0 Å². The highest BCUT2D eigenvalue weighted by Gasteiger charge is 2.50. The van der Waals surface area contributed by atoms with Crippen LogP contribution in [0.3, 0.4) is 0 Å². The van der Waals surface area contributed by atoms with Crippen molar-refractivity contribution in [2.24, 2.45) is 0 Å². The van der Waals surface area contributed by atoms with Gasteiger partial charge in [-0.25, -0.2) is 27.5 Å². The average molecular weight is 814 g/mol. The number of benzene rings is 1. The third-order valence-corrected chi connectivity index (χ3v) is 12.3. The number of carbonyl (C=O) groups excluding carboxylic acids is 1. The number of carbonyl (C=O) groups is 1. The molecule has 2 aliphatic heterocycles. The predicted molar refractivity (Wildman–Crippen MR) is 190 cm³/mol. The Balaban J connectivity index is 1.46. The summed E-state index contributed by atoms with van der Waals surface area (Å²) in [6.45, 7) is 3.33. The lowest BCUT2D eigenvalue weighted by Crippen LogP contribution is -2.57. The Morgan fingerprint density at radius 1 is 1.15 bits per heavy atom. The Kier molecular flexibility index (Phi) is 9.34. The average Bonchev–Trinajstić information content (AvgIpc) is 3.25. The van der Waals surface area contributed by atoms with Crippen LogP contribution in [0.5, 0.6) is 5.88 Å². The Labute approximate surface area is 295 Å². The Morgan fingerprint density at radius 2 is 1.91 bits per heavy atom. The highest BCUT2D eigenvalue weighted by atomic mass is 127. The van der Waals surface area contributed by atoms with Gasteiger partial charge in [-0.3, -0.25) is 4.79 Å². The van der Waals surface area contributed by atoms with Crippen LogP contribution in [0.1, 0.15) is 23.7 Å². The summed E-state index contributed by atoms with van der Waals surface area (Å²) in [4.78, 5) is 39.7. The number of halogens is 3. The van der Waals surface area contributed by atoms with Gasteiger partial charge in [0.1, 0.15) is 26.6 Å². The van der Waals surface area contributed by atoms with Gasteiger partial charge in [-0.15, -0.1) is 0 Å². The van der Waals surface area contributed by atoms with E-state index < -0.39 is 25.0 Å². The van der Waals surface area contributed by atoms with Crippen molar-refractivity contribution < 1.29 is 22.7 Å². The molecule has 1 unspecified atom stereocenters. The van der Waals surface area contributed by atoms with Crippen molar-refractivity contribution in [1.82, 2.24) is 19.4 Å². The molecule has 6 rings (SSSR count). The molecule has 2 saturated heterocycles. The van der Waals surface area contributed by atoms with Gasteiger partial charge in [0, 0.05) is 36.9 Å². The van der Waals surface area contributed by atoms with Gasteiger partial charge in [0.15, 0.2) is 0 Å². The number of nitrogens with zero attached hydrogens (tertiary/aromatic N) is 6. The molecule has 248 valence electrons. The van der Waals surface area contributed by atoms with Crippen molar-refractivity contribution in [2.45, 2.75) is 22.9 Å². The first-order chi connectivity index (χ1) is 22.3. The number of ether oxygens (including phenoxy) is 2. The first kappa shape index (κ1) is 33.7. The summed E-state index contributed by atoms with van der Waals surface area (Å²) in [6, 6.07) is 10.4. The summed E-state index contributed by atoms with van der Waals surface area (Å²) in [7, 11) is 0.217. The fourth-order valence-electron chi connectivity index (χ4n) is 5.61. The Morgan fingerprint density at radius 3 is 2.57 bits per heavy atom. The smallest absolute Gasteiger partial charge is 0.343 e. The van der Waals surface area contributed by atoms with Crippen molar-refractivity contribution in [2.75, 3.05) is 55.4 Å². The minimum absolute atomic E-state index is 0.00578. The van der Waals surface area contributed by atoms with Gasteiger partial charge in [-0.2, -0.15) is 0 Å². The monoisotopic (exact) mass is 812 g/mol. The third-order valence-electron chi connectivity index (χ3n) is 8.25. The third kappa shape index (κ3) is 6.37. The van der Waals surface area contributed by atoms with Gasteiger partial charge in [-0.05, 0) is 86.4 Å². The quantitative estimate of drug-likeness (QED) is 0.101. The van der Waals surface area contributed by atoms with E-state index in [1.807, 2.05) is 26.2 Å². The molecule has 4 aromatic rings. The van der Waals surface area contributed by atoms with Crippen molar-refractivity contribution in [3.8, 4) is 11.6 Å². The molecule has 16 heteroatoms. The second-order valence-corrected chi connectivity index (χ2v) is 16.3. The highest BCUT2D eigenvalue weighted by Crippen LogP contribution is 2.46. The van der Waals surface area contributed by atoms with E-state index in [1.165, 1.54) is 22.8 Å². The molecule has 0 radical (unpaired) electrons. The fraction of sp³-hybridized carbons (Fsp3) is 0.355. The van der Waals surface area contributed by atoms with E-state index >= 15 is 0 Å². The molecular weight excluding hydrogens is 782 g/mol. The van der Waals surface area contributed by atoms with Crippen LogP contribution in [0.4, 0.5) is 11.5 Å². The molecular formula is C31H31Cl2IN6O6S. The van der Waals surface area contributed by atoms with Crippen molar-refractivity contribution in [3.05, 3.63) is 80.8 Å². The molecule has 0 aliphatic carbocycles. The number of hydrogen-bond acceptors (Lipinski definition) is 10. The molecule has 1 aromatic carbocycles. The maximum atomic E-state index is 13.7. The number of rotatable bonds is 9. The number of fused-ring (bicyclic) bond motifs is 1. The molecule has 47 heavy (non-hydrogen) atoms. The van der Waals surface area contributed by atoms with Gasteiger partial charge in [0.25, 0.3) is 0 Å². The summed E-state index contributed by atoms with van der Waals surface area (Å²) in [5, 5.41) is 0.402. The summed E-state index contributed by atoms with van der Waals surface area (Å²) in [6.07, 6.45) is 4.79. The van der Waals surface area contributed by atoms with E-state index in [0.29, 0.717) is 17.2 Å². The number of sulfonamides is 1. The fourth-order valence-corrected chi connectivity index (χ4v) is 9.91. The van der Waals surface area contributed by atoms with Crippen LogP contribution in [0, 0.1) is 0 Å². The maximum absolute atomic E-state index is 13.7. The van der Waals surface area contributed by atoms with E-state index in [-0.39, 0.29) is 57.9 Å². The molecule has 0 N–H and O–H groups in total. The van der Waals surface area contributed by atoms with E-state index in [4.69, 9.17) is 32.7 Å². The zero-order valence-corrected chi connectivity index (χ0v) is 30.2. The molecule has 0 bridgehead atoms. The molecule has 1 atom stereocenters. The molecule has 2 fully saturated rings. The summed E-state index contributed by atoms with van der Waals surface area (Å²) in [5.41, 5.74) is 0.227. The molecule has 12 nitrogen and oxygen atoms in total. The number of likely N-dealkylation sites (N-methyl/N-ethyl adjacent to an activating group) is 1. The van der Waals surface area contributed by atoms with Gasteiger partial charge < -0.3 is 23.8 Å². The van der Waals surface area contributed by atoms with E-state index in [9.17, 15) is 18.0 Å². The summed E-state index contributed by atoms with van der Waals surface area (Å²) >= 11 is 15.1. The SMILES string of the molecule is CCOC(=O)c1cn(-c2ccc(N3CC(N(C)C)C3)nc2)c2cc(N3C(I)(COc4ncccc4Cl)CCS3(=O)=O)c(Cl)cc2c1=O. The first-order valence-electron chi connectivity index (χ1n) is 14.7.